The summed E-state index contributed by atoms with van der Waals surface area (Å²) >= 11 is 0. The Hall–Kier alpha value is -1.68. The van der Waals surface area contributed by atoms with Crippen LogP contribution in [0.3, 0.4) is 0 Å². The Morgan fingerprint density at radius 1 is 1.31 bits per heavy atom. The summed E-state index contributed by atoms with van der Waals surface area (Å²) in [6, 6.07) is 7.06. The molecule has 0 fully saturated rings. The van der Waals surface area contributed by atoms with Gasteiger partial charge < -0.3 is 0 Å². The van der Waals surface area contributed by atoms with E-state index in [1.54, 1.807) is 30.5 Å². The van der Waals surface area contributed by atoms with E-state index < -0.39 is 0 Å². The van der Waals surface area contributed by atoms with Gasteiger partial charge in [-0.2, -0.15) is 0 Å². The highest BCUT2D eigenvalue weighted by Crippen LogP contribution is 1.75. The first kappa shape index (κ1) is 9.41. The summed E-state index contributed by atoms with van der Waals surface area (Å²) in [6.07, 6.45) is 2.78. The van der Waals surface area contributed by atoms with E-state index in [-0.39, 0.29) is 0 Å². The number of nitrogens with zero attached hydrogens (tertiary/aromatic N) is 2. The summed E-state index contributed by atoms with van der Waals surface area (Å²) in [4.78, 5) is 9.88. The molecule has 0 aliphatic heterocycles. The van der Waals surface area contributed by atoms with E-state index in [4.69, 9.17) is 5.21 Å². The zero-order valence-electron chi connectivity index (χ0n) is 7.21. The lowest BCUT2D eigenvalue weighted by molar-refractivity contribution is 0.00775. The van der Waals surface area contributed by atoms with E-state index in [1.165, 1.54) is 13.2 Å². The largest absolute Gasteiger partial charge is 0.289 e. The molecule has 0 amide bonds. The molecule has 0 aromatic heterocycles. The fourth-order valence-electron chi connectivity index (χ4n) is 0.945. The van der Waals surface area contributed by atoms with Gasteiger partial charge in [-0.25, -0.2) is 0 Å². The molecule has 0 aliphatic rings. The summed E-state index contributed by atoms with van der Waals surface area (Å²) < 4.78 is 0. The van der Waals surface area contributed by atoms with Gasteiger partial charge >= 0.3 is 0 Å². The Labute approximate surface area is 75.3 Å². The maximum atomic E-state index is 9.88. The molecule has 0 bridgehead atoms. The highest BCUT2D eigenvalue weighted by atomic mass is 16.5. The highest BCUT2D eigenvalue weighted by Gasteiger charge is 1.82. The molecule has 13 heavy (non-hydrogen) atoms. The van der Waals surface area contributed by atoms with Crippen molar-refractivity contribution in [1.82, 2.24) is 5.06 Å². The molecule has 0 spiro atoms. The van der Waals surface area contributed by atoms with E-state index in [2.05, 4.69) is 5.18 Å². The molecule has 0 saturated heterocycles. The number of rotatable bonds is 2. The third-order valence-corrected chi connectivity index (χ3v) is 1.47. The molecular weight excluding hydrogens is 168 g/mol. The van der Waals surface area contributed by atoms with Crippen molar-refractivity contribution in [2.45, 2.75) is 0 Å². The Balaban J connectivity index is 3.07. The third-order valence-electron chi connectivity index (χ3n) is 1.47. The maximum absolute atomic E-state index is 9.88. The number of hydroxylamine groups is 2. The van der Waals surface area contributed by atoms with E-state index in [1.807, 2.05) is 0 Å². The molecule has 4 nitrogen and oxygen atoms in total. The van der Waals surface area contributed by atoms with Gasteiger partial charge in [0.25, 0.3) is 0 Å². The molecule has 1 aromatic carbocycles. The average Bonchev–Trinajstić information content (AvgIpc) is 2.08. The zero-order chi connectivity index (χ0) is 9.68. The molecular formula is C9H10N2O2. The van der Waals surface area contributed by atoms with Gasteiger partial charge in [0.05, 0.1) is 6.20 Å². The molecule has 0 saturated carbocycles. The lowest BCUT2D eigenvalue weighted by Gasteiger charge is -2.00. The van der Waals surface area contributed by atoms with Crippen molar-refractivity contribution in [3.63, 3.8) is 0 Å². The molecule has 1 aromatic rings. The Morgan fingerprint density at radius 3 is 2.31 bits per heavy atom. The zero-order valence-corrected chi connectivity index (χ0v) is 7.21. The lowest BCUT2D eigenvalue weighted by atomic mass is 10.3. The van der Waals surface area contributed by atoms with Crippen LogP contribution in [0.25, 0.3) is 12.4 Å². The first-order chi connectivity index (χ1) is 6.22. The van der Waals surface area contributed by atoms with Crippen LogP contribution in [0.4, 0.5) is 0 Å². The van der Waals surface area contributed by atoms with Crippen LogP contribution in [-0.4, -0.2) is 17.3 Å². The van der Waals surface area contributed by atoms with Gasteiger partial charge in [0, 0.05) is 13.2 Å². The van der Waals surface area contributed by atoms with Crippen LogP contribution in [0.15, 0.2) is 29.4 Å². The number of hydrogen-bond acceptors (Lipinski definition) is 4. The van der Waals surface area contributed by atoms with Gasteiger partial charge in [0.2, 0.25) is 0 Å². The van der Waals surface area contributed by atoms with E-state index in [0.29, 0.717) is 0 Å². The molecule has 0 radical (unpaired) electrons. The Kier molecular flexibility index (Phi) is 3.16. The second kappa shape index (κ2) is 4.37. The molecule has 0 heterocycles. The average molecular weight is 178 g/mol. The first-order valence-electron chi connectivity index (χ1n) is 3.74. The molecule has 1 N–H and O–H groups in total. The van der Waals surface area contributed by atoms with Gasteiger partial charge in [-0.05, 0) is 15.6 Å². The minimum absolute atomic E-state index is 0.743. The first-order valence-corrected chi connectivity index (χ1v) is 3.74. The molecule has 0 atom stereocenters. The van der Waals surface area contributed by atoms with Gasteiger partial charge in [-0.15, -0.1) is 4.91 Å². The summed E-state index contributed by atoms with van der Waals surface area (Å²) in [5.74, 6) is 0. The number of nitroso groups, excluding NO2 is 1. The number of hydrogen-bond donors (Lipinski definition) is 1. The minimum atomic E-state index is 0.743. The van der Waals surface area contributed by atoms with Crippen LogP contribution in [-0.2, 0) is 0 Å². The summed E-state index contributed by atoms with van der Waals surface area (Å²) in [5, 5.41) is 14.1. The van der Waals surface area contributed by atoms with Crippen molar-refractivity contribution in [3.8, 4) is 0 Å². The molecule has 4 heteroatoms. The monoisotopic (exact) mass is 178 g/mol. The normalized spacial score (nSPS) is 9.08. The summed E-state index contributed by atoms with van der Waals surface area (Å²) in [7, 11) is 1.52. The highest BCUT2D eigenvalue weighted by molar-refractivity contribution is 5.26. The smallest absolute Gasteiger partial charge is 0.0787 e. The van der Waals surface area contributed by atoms with E-state index >= 15 is 0 Å². The van der Waals surface area contributed by atoms with Crippen molar-refractivity contribution in [1.29, 1.82) is 0 Å². The van der Waals surface area contributed by atoms with Crippen LogP contribution in [0.1, 0.15) is 0 Å². The van der Waals surface area contributed by atoms with Crippen molar-refractivity contribution in [2.24, 2.45) is 5.18 Å². The lowest BCUT2D eigenvalue weighted by Crippen LogP contribution is -2.12. The number of benzene rings is 1. The second-order valence-corrected chi connectivity index (χ2v) is 2.60. The summed E-state index contributed by atoms with van der Waals surface area (Å²) in [6.45, 7) is 0. The maximum Gasteiger partial charge on any atom is 0.0787 e. The van der Waals surface area contributed by atoms with Crippen LogP contribution < -0.4 is 10.4 Å². The van der Waals surface area contributed by atoms with Gasteiger partial charge in [0.15, 0.2) is 0 Å². The van der Waals surface area contributed by atoms with Crippen molar-refractivity contribution in [2.75, 3.05) is 7.05 Å². The topological polar surface area (TPSA) is 52.9 Å². The molecule has 0 unspecified atom stereocenters. The van der Waals surface area contributed by atoms with Crippen LogP contribution in [0.2, 0.25) is 0 Å². The molecule has 68 valence electrons. The quantitative estimate of drug-likeness (QED) is 0.521. The van der Waals surface area contributed by atoms with Crippen LogP contribution in [0.5, 0.6) is 0 Å². The SMILES string of the molecule is CN(O)C=c1ccc(=CN=O)cc1. The van der Waals surface area contributed by atoms with Crippen molar-refractivity contribution >= 4 is 12.4 Å². The predicted octanol–water partition coefficient (Wildman–Crippen LogP) is 0.250. The summed E-state index contributed by atoms with van der Waals surface area (Å²) in [5.41, 5.74) is 0. The van der Waals surface area contributed by atoms with Gasteiger partial charge in [-0.1, -0.05) is 24.3 Å². The van der Waals surface area contributed by atoms with Crippen molar-refractivity contribution < 1.29 is 5.21 Å². The molecule has 0 aliphatic carbocycles. The van der Waals surface area contributed by atoms with Gasteiger partial charge in [0.1, 0.15) is 0 Å². The fraction of sp³-hybridized carbons (Fsp3) is 0.111. The third kappa shape index (κ3) is 3.04. The second-order valence-electron chi connectivity index (χ2n) is 2.60. The predicted molar refractivity (Wildman–Crippen MR) is 50.0 cm³/mol. The molecule has 1 rings (SSSR count). The van der Waals surface area contributed by atoms with Crippen LogP contribution in [0, 0.1) is 4.91 Å². The van der Waals surface area contributed by atoms with Crippen LogP contribution >= 0.6 is 0 Å². The van der Waals surface area contributed by atoms with Crippen molar-refractivity contribution in [3.05, 3.63) is 39.6 Å². The van der Waals surface area contributed by atoms with Gasteiger partial charge in [-0.3, -0.25) is 10.3 Å². The minimum Gasteiger partial charge on any atom is -0.289 e. The Bertz CT molecular complexity index is 375. The fourth-order valence-corrected chi connectivity index (χ4v) is 0.945. The Morgan fingerprint density at radius 2 is 1.85 bits per heavy atom. The standard InChI is InChI=1S/C9H10N2O2/c1-11(13)7-9-4-2-8(3-5-9)6-10-12/h2-7,13H,1H3. The van der Waals surface area contributed by atoms with E-state index in [0.717, 1.165) is 15.5 Å². The van der Waals surface area contributed by atoms with E-state index in [9.17, 15) is 4.91 Å².